The van der Waals surface area contributed by atoms with Crippen molar-refractivity contribution in [2.24, 2.45) is 0 Å². The largest absolute Gasteiger partial charge is 0.479 e. The Morgan fingerprint density at radius 2 is 2.31 bits per heavy atom. The first-order valence-electron chi connectivity index (χ1n) is 3.57. The van der Waals surface area contributed by atoms with Gasteiger partial charge in [-0.05, 0) is 0 Å². The quantitative estimate of drug-likeness (QED) is 0.551. The zero-order valence-corrected chi connectivity index (χ0v) is 7.24. The number of carbonyl (C=O) groups is 2. The normalized spacial score (nSPS) is 11.4. The van der Waals surface area contributed by atoms with Gasteiger partial charge in [-0.3, -0.25) is 4.79 Å². The summed E-state index contributed by atoms with van der Waals surface area (Å²) in [6, 6.07) is 0. The van der Waals surface area contributed by atoms with E-state index < -0.39 is 12.1 Å². The molecule has 0 radical (unpaired) electrons. The van der Waals surface area contributed by atoms with Crippen LogP contribution >= 0.6 is 0 Å². The zero-order valence-electron chi connectivity index (χ0n) is 7.24. The average molecular weight is 185 g/mol. The highest BCUT2D eigenvalue weighted by molar-refractivity contribution is 5.79. The molecule has 2 N–H and O–H groups in total. The minimum Gasteiger partial charge on any atom is -0.479 e. The third-order valence-electron chi connectivity index (χ3n) is 1.31. The maximum absolute atomic E-state index is 10.8. The molecule has 0 heterocycles. The lowest BCUT2D eigenvalue weighted by atomic mass is 10.3. The van der Waals surface area contributed by atoms with E-state index in [1.54, 1.807) is 0 Å². The fourth-order valence-electron chi connectivity index (χ4n) is 0.633. The number of carboxylic acid groups (broad SMARTS) is 1. The standard InChI is InChI=1S/C8H11NO4/c1-3-4-7(10)9-5-6(13-2)8(11)12/h1,6H,4-5H2,2H3,(H,9,10)(H,11,12). The lowest BCUT2D eigenvalue weighted by molar-refractivity contribution is -0.148. The van der Waals surface area contributed by atoms with Crippen molar-refractivity contribution in [2.75, 3.05) is 13.7 Å². The number of hydrogen-bond donors (Lipinski definition) is 2. The van der Waals surface area contributed by atoms with E-state index in [-0.39, 0.29) is 18.9 Å². The van der Waals surface area contributed by atoms with Crippen LogP contribution in [0.2, 0.25) is 0 Å². The first kappa shape index (κ1) is 11.5. The van der Waals surface area contributed by atoms with Crippen LogP contribution in [0.5, 0.6) is 0 Å². The summed E-state index contributed by atoms with van der Waals surface area (Å²) in [4.78, 5) is 21.2. The Labute approximate surface area is 76.1 Å². The second kappa shape index (κ2) is 6.03. The van der Waals surface area contributed by atoms with Gasteiger partial charge in [-0.15, -0.1) is 6.42 Å². The molecule has 0 saturated carbocycles. The molecule has 0 spiro atoms. The number of methoxy groups -OCH3 is 1. The topological polar surface area (TPSA) is 75.6 Å². The highest BCUT2D eigenvalue weighted by Crippen LogP contribution is 1.88. The molecular weight excluding hydrogens is 174 g/mol. The predicted molar refractivity (Wildman–Crippen MR) is 44.9 cm³/mol. The number of rotatable bonds is 5. The Bertz CT molecular complexity index is 231. The van der Waals surface area contributed by atoms with Gasteiger partial charge in [0, 0.05) is 7.11 Å². The van der Waals surface area contributed by atoms with Gasteiger partial charge in [-0.2, -0.15) is 0 Å². The summed E-state index contributed by atoms with van der Waals surface area (Å²) >= 11 is 0. The van der Waals surface area contributed by atoms with E-state index in [0.717, 1.165) is 0 Å². The lowest BCUT2D eigenvalue weighted by Crippen LogP contribution is -2.37. The molecule has 0 aromatic carbocycles. The zero-order chi connectivity index (χ0) is 10.3. The molecule has 0 aliphatic carbocycles. The number of nitrogens with one attached hydrogen (secondary N) is 1. The van der Waals surface area contributed by atoms with Crippen LogP contribution in [0.3, 0.4) is 0 Å². The maximum atomic E-state index is 10.8. The van der Waals surface area contributed by atoms with E-state index in [9.17, 15) is 9.59 Å². The van der Waals surface area contributed by atoms with E-state index in [1.165, 1.54) is 7.11 Å². The van der Waals surface area contributed by atoms with Crippen molar-refractivity contribution < 1.29 is 19.4 Å². The molecule has 0 saturated heterocycles. The summed E-state index contributed by atoms with van der Waals surface area (Å²) < 4.78 is 4.57. The third-order valence-corrected chi connectivity index (χ3v) is 1.31. The van der Waals surface area contributed by atoms with E-state index in [2.05, 4.69) is 16.0 Å². The molecule has 0 fully saturated rings. The van der Waals surface area contributed by atoms with Gasteiger partial charge in [0.25, 0.3) is 0 Å². The fraction of sp³-hybridized carbons (Fsp3) is 0.500. The maximum Gasteiger partial charge on any atom is 0.334 e. The number of hydrogen-bond acceptors (Lipinski definition) is 3. The lowest BCUT2D eigenvalue weighted by Gasteiger charge is -2.10. The molecular formula is C8H11NO4. The molecule has 0 aromatic rings. The second-order valence-corrected chi connectivity index (χ2v) is 2.25. The smallest absolute Gasteiger partial charge is 0.334 e. The van der Waals surface area contributed by atoms with Gasteiger partial charge in [0.15, 0.2) is 6.10 Å². The van der Waals surface area contributed by atoms with E-state index in [1.807, 2.05) is 0 Å². The number of ether oxygens (including phenoxy) is 1. The Kier molecular flexibility index (Phi) is 5.32. The number of amides is 1. The monoisotopic (exact) mass is 185 g/mol. The van der Waals surface area contributed by atoms with Crippen molar-refractivity contribution in [1.82, 2.24) is 5.32 Å². The molecule has 1 atom stereocenters. The fourth-order valence-corrected chi connectivity index (χ4v) is 0.633. The summed E-state index contributed by atoms with van der Waals surface area (Å²) in [5.74, 6) is 0.633. The molecule has 0 rings (SSSR count). The van der Waals surface area contributed by atoms with Crippen molar-refractivity contribution in [3.63, 3.8) is 0 Å². The van der Waals surface area contributed by atoms with Crippen molar-refractivity contribution in [1.29, 1.82) is 0 Å². The molecule has 72 valence electrons. The van der Waals surface area contributed by atoms with Crippen LogP contribution in [-0.2, 0) is 14.3 Å². The minimum atomic E-state index is -1.12. The molecule has 0 aromatic heterocycles. The third kappa shape index (κ3) is 4.82. The van der Waals surface area contributed by atoms with Crippen molar-refractivity contribution >= 4 is 11.9 Å². The molecule has 13 heavy (non-hydrogen) atoms. The van der Waals surface area contributed by atoms with Crippen LogP contribution in [-0.4, -0.2) is 36.7 Å². The van der Waals surface area contributed by atoms with Crippen LogP contribution in [0.15, 0.2) is 0 Å². The predicted octanol–water partition coefficient (Wildman–Crippen LogP) is -0.774. The Morgan fingerprint density at radius 1 is 1.69 bits per heavy atom. The van der Waals surface area contributed by atoms with Crippen LogP contribution in [0, 0.1) is 12.3 Å². The van der Waals surface area contributed by atoms with Gasteiger partial charge in [0.05, 0.1) is 13.0 Å². The van der Waals surface area contributed by atoms with Gasteiger partial charge in [0.1, 0.15) is 0 Å². The molecule has 0 aliphatic heterocycles. The Balaban J connectivity index is 3.80. The minimum absolute atomic E-state index is 0.0595. The molecule has 0 aliphatic rings. The van der Waals surface area contributed by atoms with E-state index in [0.29, 0.717) is 0 Å². The summed E-state index contributed by atoms with van der Waals surface area (Å²) in [5, 5.41) is 10.8. The number of terminal acetylenes is 1. The van der Waals surface area contributed by atoms with Crippen LogP contribution in [0.4, 0.5) is 0 Å². The number of carbonyl (C=O) groups excluding carboxylic acids is 1. The summed E-state index contributed by atoms with van der Waals surface area (Å²) in [6.07, 6.45) is 3.78. The summed E-state index contributed by atoms with van der Waals surface area (Å²) in [5.41, 5.74) is 0. The van der Waals surface area contributed by atoms with Gasteiger partial charge < -0.3 is 15.2 Å². The number of carboxylic acids is 1. The van der Waals surface area contributed by atoms with Gasteiger partial charge in [-0.1, -0.05) is 5.92 Å². The van der Waals surface area contributed by atoms with E-state index >= 15 is 0 Å². The highest BCUT2D eigenvalue weighted by atomic mass is 16.5. The van der Waals surface area contributed by atoms with Crippen molar-refractivity contribution in [3.05, 3.63) is 0 Å². The Morgan fingerprint density at radius 3 is 2.69 bits per heavy atom. The molecule has 1 unspecified atom stereocenters. The first-order chi connectivity index (χ1) is 6.11. The number of aliphatic carboxylic acids is 1. The molecule has 5 nitrogen and oxygen atoms in total. The molecule has 0 bridgehead atoms. The van der Waals surface area contributed by atoms with Crippen molar-refractivity contribution in [2.45, 2.75) is 12.5 Å². The van der Waals surface area contributed by atoms with Crippen molar-refractivity contribution in [3.8, 4) is 12.3 Å². The van der Waals surface area contributed by atoms with Gasteiger partial charge in [0.2, 0.25) is 5.91 Å². The Hall–Kier alpha value is -1.54. The van der Waals surface area contributed by atoms with E-state index in [4.69, 9.17) is 11.5 Å². The van der Waals surface area contributed by atoms with Gasteiger partial charge in [-0.25, -0.2) is 4.79 Å². The SMILES string of the molecule is C#CCC(=O)NCC(OC)C(=O)O. The van der Waals surface area contributed by atoms with Crippen LogP contribution in [0.1, 0.15) is 6.42 Å². The summed E-state index contributed by atoms with van der Waals surface area (Å²) in [7, 11) is 1.26. The second-order valence-electron chi connectivity index (χ2n) is 2.25. The highest BCUT2D eigenvalue weighted by Gasteiger charge is 2.16. The molecule has 5 heteroatoms. The van der Waals surface area contributed by atoms with Gasteiger partial charge >= 0.3 is 5.97 Å². The summed E-state index contributed by atoms with van der Waals surface area (Å²) in [6.45, 7) is -0.0770. The first-order valence-corrected chi connectivity index (χ1v) is 3.57. The average Bonchev–Trinajstić information content (AvgIpc) is 2.05. The van der Waals surface area contributed by atoms with Crippen LogP contribution in [0.25, 0.3) is 0 Å². The molecule has 1 amide bonds. The van der Waals surface area contributed by atoms with Crippen LogP contribution < -0.4 is 5.32 Å².